The summed E-state index contributed by atoms with van der Waals surface area (Å²) in [6.45, 7) is 0. The molecule has 1 fully saturated rings. The van der Waals surface area contributed by atoms with Gasteiger partial charge in [-0.1, -0.05) is 18.2 Å². The van der Waals surface area contributed by atoms with Crippen LogP contribution in [0.1, 0.15) is 18.4 Å². The molecule has 1 aliphatic carbocycles. The summed E-state index contributed by atoms with van der Waals surface area (Å²) in [7, 11) is 1.52. The third-order valence-corrected chi connectivity index (χ3v) is 4.06. The average molecular weight is 286 g/mol. The van der Waals surface area contributed by atoms with Gasteiger partial charge in [-0.3, -0.25) is 4.79 Å². The zero-order valence-electron chi connectivity index (χ0n) is 11.6. The van der Waals surface area contributed by atoms with Gasteiger partial charge in [0.15, 0.2) is 0 Å². The number of ether oxygens (including phenoxy) is 1. The Morgan fingerprint density at radius 3 is 2.62 bits per heavy atom. The second-order valence-corrected chi connectivity index (χ2v) is 5.31. The molecular formula is C17H15FO3. The van der Waals surface area contributed by atoms with Crippen molar-refractivity contribution in [3.63, 3.8) is 0 Å². The van der Waals surface area contributed by atoms with Gasteiger partial charge >= 0.3 is 5.97 Å². The summed E-state index contributed by atoms with van der Waals surface area (Å²) >= 11 is 0. The number of halogens is 1. The Balaban J connectivity index is 2.07. The number of hydrogen-bond donors (Lipinski definition) is 1. The average Bonchev–Trinajstić information content (AvgIpc) is 3.30. The Hall–Kier alpha value is -2.36. The van der Waals surface area contributed by atoms with Crippen LogP contribution in [-0.4, -0.2) is 18.2 Å². The van der Waals surface area contributed by atoms with Gasteiger partial charge in [0, 0.05) is 5.56 Å². The Labute approximate surface area is 122 Å². The lowest BCUT2D eigenvalue weighted by atomic mass is 9.92. The van der Waals surface area contributed by atoms with Crippen molar-refractivity contribution < 1.29 is 19.0 Å². The first-order chi connectivity index (χ1) is 10.1. The molecule has 0 amide bonds. The van der Waals surface area contributed by atoms with Crippen molar-refractivity contribution in [1.82, 2.24) is 0 Å². The van der Waals surface area contributed by atoms with Crippen LogP contribution in [0.2, 0.25) is 0 Å². The predicted molar refractivity (Wildman–Crippen MR) is 76.9 cm³/mol. The number of hydrogen-bond acceptors (Lipinski definition) is 2. The molecule has 0 bridgehead atoms. The van der Waals surface area contributed by atoms with Crippen LogP contribution in [0.4, 0.5) is 4.39 Å². The molecule has 0 atom stereocenters. The molecule has 0 heterocycles. The molecule has 21 heavy (non-hydrogen) atoms. The van der Waals surface area contributed by atoms with E-state index in [4.69, 9.17) is 4.74 Å². The van der Waals surface area contributed by atoms with E-state index in [1.165, 1.54) is 13.2 Å². The van der Waals surface area contributed by atoms with E-state index in [0.717, 1.165) is 5.56 Å². The summed E-state index contributed by atoms with van der Waals surface area (Å²) in [4.78, 5) is 11.4. The first-order valence-corrected chi connectivity index (χ1v) is 6.75. The first kappa shape index (κ1) is 13.6. The molecule has 4 heteroatoms. The standard InChI is InChI=1S/C17H15FO3/c1-21-13-5-6-15(18)14(10-13)11-3-2-4-12(9-11)17(7-8-17)16(19)20/h2-6,9-10H,7-8H2,1H3,(H,19,20). The van der Waals surface area contributed by atoms with Crippen LogP contribution in [0, 0.1) is 5.82 Å². The van der Waals surface area contributed by atoms with Crippen LogP contribution in [0.5, 0.6) is 5.75 Å². The van der Waals surface area contributed by atoms with Gasteiger partial charge in [-0.25, -0.2) is 4.39 Å². The summed E-state index contributed by atoms with van der Waals surface area (Å²) in [5.74, 6) is -0.602. The highest BCUT2D eigenvalue weighted by Crippen LogP contribution is 2.49. The fourth-order valence-corrected chi connectivity index (χ4v) is 2.59. The molecule has 0 unspecified atom stereocenters. The van der Waals surface area contributed by atoms with Crippen molar-refractivity contribution in [2.45, 2.75) is 18.3 Å². The lowest BCUT2D eigenvalue weighted by molar-refractivity contribution is -0.140. The first-order valence-electron chi connectivity index (χ1n) is 6.75. The maximum absolute atomic E-state index is 14.0. The summed E-state index contributed by atoms with van der Waals surface area (Å²) < 4.78 is 19.1. The second-order valence-electron chi connectivity index (χ2n) is 5.31. The number of rotatable bonds is 4. The van der Waals surface area contributed by atoms with Crippen LogP contribution < -0.4 is 4.74 Å². The molecule has 0 aliphatic heterocycles. The number of methoxy groups -OCH3 is 1. The van der Waals surface area contributed by atoms with E-state index in [-0.39, 0.29) is 5.82 Å². The minimum atomic E-state index is -0.814. The molecule has 2 aromatic rings. The molecule has 108 valence electrons. The van der Waals surface area contributed by atoms with Crippen molar-refractivity contribution in [2.75, 3.05) is 7.11 Å². The maximum atomic E-state index is 14.0. The van der Waals surface area contributed by atoms with Crippen LogP contribution in [-0.2, 0) is 10.2 Å². The Morgan fingerprint density at radius 1 is 1.24 bits per heavy atom. The molecular weight excluding hydrogens is 271 g/mol. The molecule has 0 saturated heterocycles. The van der Waals surface area contributed by atoms with Crippen molar-refractivity contribution >= 4 is 5.97 Å². The van der Waals surface area contributed by atoms with E-state index in [2.05, 4.69) is 0 Å². The second kappa shape index (κ2) is 4.88. The van der Waals surface area contributed by atoms with Gasteiger partial charge in [-0.2, -0.15) is 0 Å². The molecule has 3 nitrogen and oxygen atoms in total. The van der Waals surface area contributed by atoms with E-state index in [9.17, 15) is 14.3 Å². The van der Waals surface area contributed by atoms with E-state index in [1.807, 2.05) is 0 Å². The van der Waals surface area contributed by atoms with Crippen molar-refractivity contribution in [3.8, 4) is 16.9 Å². The van der Waals surface area contributed by atoms with E-state index in [0.29, 0.717) is 29.7 Å². The molecule has 1 aliphatic rings. The lowest BCUT2D eigenvalue weighted by Gasteiger charge is -2.13. The molecule has 1 saturated carbocycles. The number of benzene rings is 2. The highest BCUT2D eigenvalue weighted by atomic mass is 19.1. The fraction of sp³-hybridized carbons (Fsp3) is 0.235. The smallest absolute Gasteiger partial charge is 0.314 e. The van der Waals surface area contributed by atoms with Crippen LogP contribution >= 0.6 is 0 Å². The number of carboxylic acids is 1. The largest absolute Gasteiger partial charge is 0.497 e. The highest BCUT2D eigenvalue weighted by molar-refractivity contribution is 5.85. The van der Waals surface area contributed by atoms with Crippen molar-refractivity contribution in [3.05, 3.63) is 53.8 Å². The molecule has 0 spiro atoms. The van der Waals surface area contributed by atoms with E-state index < -0.39 is 11.4 Å². The van der Waals surface area contributed by atoms with Crippen LogP contribution in [0.3, 0.4) is 0 Å². The van der Waals surface area contributed by atoms with Gasteiger partial charge in [-0.15, -0.1) is 0 Å². The van der Waals surface area contributed by atoms with Gasteiger partial charge in [-0.05, 0) is 48.2 Å². The van der Waals surface area contributed by atoms with Gasteiger partial charge in [0.2, 0.25) is 0 Å². The topological polar surface area (TPSA) is 46.5 Å². The fourth-order valence-electron chi connectivity index (χ4n) is 2.59. The quantitative estimate of drug-likeness (QED) is 0.933. The third-order valence-electron chi connectivity index (χ3n) is 4.06. The van der Waals surface area contributed by atoms with Gasteiger partial charge < -0.3 is 9.84 Å². The Bertz CT molecular complexity index is 705. The zero-order chi connectivity index (χ0) is 15.0. The number of carboxylic acid groups (broad SMARTS) is 1. The Morgan fingerprint density at radius 2 is 2.00 bits per heavy atom. The minimum absolute atomic E-state index is 0.354. The summed E-state index contributed by atoms with van der Waals surface area (Å²) in [5, 5.41) is 9.36. The number of aliphatic carboxylic acids is 1. The predicted octanol–water partition coefficient (Wildman–Crippen LogP) is 3.62. The van der Waals surface area contributed by atoms with Gasteiger partial charge in [0.25, 0.3) is 0 Å². The highest BCUT2D eigenvalue weighted by Gasteiger charge is 2.51. The van der Waals surface area contributed by atoms with E-state index >= 15 is 0 Å². The molecule has 0 aromatic heterocycles. The van der Waals surface area contributed by atoms with Crippen molar-refractivity contribution in [1.29, 1.82) is 0 Å². The SMILES string of the molecule is COc1ccc(F)c(-c2cccc(C3(C(=O)O)CC3)c2)c1. The third kappa shape index (κ3) is 2.27. The van der Waals surface area contributed by atoms with Crippen LogP contribution in [0.25, 0.3) is 11.1 Å². The summed E-state index contributed by atoms with van der Waals surface area (Å²) in [6, 6.07) is 11.6. The number of carbonyl (C=O) groups is 1. The molecule has 0 radical (unpaired) electrons. The monoisotopic (exact) mass is 286 g/mol. The minimum Gasteiger partial charge on any atom is -0.497 e. The summed E-state index contributed by atoms with van der Waals surface area (Å²) in [6.07, 6.45) is 1.26. The zero-order valence-corrected chi connectivity index (χ0v) is 11.6. The molecule has 3 rings (SSSR count). The maximum Gasteiger partial charge on any atom is 0.314 e. The van der Waals surface area contributed by atoms with Gasteiger partial charge in [0.05, 0.1) is 12.5 Å². The molecule has 1 N–H and O–H groups in total. The van der Waals surface area contributed by atoms with E-state index in [1.54, 1.807) is 36.4 Å². The lowest BCUT2D eigenvalue weighted by Crippen LogP contribution is -2.19. The van der Waals surface area contributed by atoms with Gasteiger partial charge in [0.1, 0.15) is 11.6 Å². The summed E-state index contributed by atoms with van der Waals surface area (Å²) in [5.41, 5.74) is 1.02. The normalized spacial score (nSPS) is 15.5. The molecule has 2 aromatic carbocycles. The van der Waals surface area contributed by atoms with Crippen LogP contribution in [0.15, 0.2) is 42.5 Å². The van der Waals surface area contributed by atoms with Crippen molar-refractivity contribution in [2.24, 2.45) is 0 Å². The Kier molecular flexibility index (Phi) is 3.16.